The monoisotopic (exact) mass is 476 g/mol. The van der Waals surface area contributed by atoms with Crippen molar-refractivity contribution in [3.63, 3.8) is 0 Å². The van der Waals surface area contributed by atoms with Gasteiger partial charge in [0.15, 0.2) is 5.54 Å². The number of carboxylic acid groups (broad SMARTS) is 1. The molecule has 4 atom stereocenters. The molecule has 2 N–H and O–H groups in total. The van der Waals surface area contributed by atoms with Crippen molar-refractivity contribution in [3.8, 4) is 5.75 Å². The van der Waals surface area contributed by atoms with E-state index in [1.807, 2.05) is 0 Å². The van der Waals surface area contributed by atoms with Crippen molar-refractivity contribution in [2.24, 2.45) is 11.8 Å². The van der Waals surface area contributed by atoms with Crippen LogP contribution in [0.5, 0.6) is 5.75 Å². The number of carboxylic acids is 1. The van der Waals surface area contributed by atoms with Crippen LogP contribution in [-0.4, -0.2) is 39.8 Å². The first-order valence-corrected chi connectivity index (χ1v) is 12.1. The maximum Gasteiger partial charge on any atom is 0.329 e. The molecule has 2 aromatic rings. The molecule has 0 bridgehead atoms. The summed E-state index contributed by atoms with van der Waals surface area (Å²) < 4.78 is 5.12. The number of hydrogen-bond donors (Lipinski definition) is 2. The zero-order chi connectivity index (χ0) is 24.7. The fraction of sp³-hybridized carbons (Fsp3) is 0.407. The molecule has 1 aliphatic carbocycles. The van der Waals surface area contributed by atoms with Gasteiger partial charge < -0.3 is 9.84 Å². The Labute approximate surface area is 203 Å². The summed E-state index contributed by atoms with van der Waals surface area (Å²) in [5.74, 6) is -3.96. The molecule has 1 saturated carbocycles. The molecule has 2 aliphatic heterocycles. The Balaban J connectivity index is 1.61. The van der Waals surface area contributed by atoms with Gasteiger partial charge in [-0.05, 0) is 36.1 Å². The van der Waals surface area contributed by atoms with Gasteiger partial charge in [-0.25, -0.2) is 4.79 Å². The highest BCUT2D eigenvalue weighted by atomic mass is 16.5. The Morgan fingerprint density at radius 3 is 2.23 bits per heavy atom. The van der Waals surface area contributed by atoms with E-state index >= 15 is 0 Å². The van der Waals surface area contributed by atoms with Crippen molar-refractivity contribution in [2.75, 3.05) is 0 Å². The molecule has 2 heterocycles. The van der Waals surface area contributed by atoms with Crippen LogP contribution in [0.15, 0.2) is 54.6 Å². The minimum Gasteiger partial charge on any atom is -0.480 e. The SMILES string of the molecule is CC(=O)Oc1ccc(C2NC(C(=O)O)(c3ccccc3)C3C(=O)N(C4CCCCC4)C(=O)C23)cc1. The van der Waals surface area contributed by atoms with E-state index in [0.29, 0.717) is 16.9 Å². The largest absolute Gasteiger partial charge is 0.480 e. The molecular weight excluding hydrogens is 448 g/mol. The van der Waals surface area contributed by atoms with Gasteiger partial charge in [-0.2, -0.15) is 0 Å². The maximum absolute atomic E-state index is 13.9. The number of amides is 2. The van der Waals surface area contributed by atoms with Crippen LogP contribution in [0.1, 0.15) is 56.2 Å². The molecule has 0 aromatic heterocycles. The van der Waals surface area contributed by atoms with Crippen LogP contribution in [-0.2, 0) is 24.7 Å². The lowest BCUT2D eigenvalue weighted by atomic mass is 9.75. The van der Waals surface area contributed by atoms with E-state index in [0.717, 1.165) is 32.1 Å². The van der Waals surface area contributed by atoms with Gasteiger partial charge in [0.25, 0.3) is 0 Å². The maximum atomic E-state index is 13.9. The van der Waals surface area contributed by atoms with Gasteiger partial charge in [-0.1, -0.05) is 61.7 Å². The number of ether oxygens (including phenoxy) is 1. The van der Waals surface area contributed by atoms with Crippen molar-refractivity contribution >= 4 is 23.8 Å². The fourth-order valence-electron chi connectivity index (χ4n) is 6.11. The van der Waals surface area contributed by atoms with Crippen LogP contribution in [0.2, 0.25) is 0 Å². The molecule has 0 spiro atoms. The smallest absolute Gasteiger partial charge is 0.329 e. The Bertz CT molecular complexity index is 1160. The molecule has 0 radical (unpaired) electrons. The summed E-state index contributed by atoms with van der Waals surface area (Å²) in [7, 11) is 0. The van der Waals surface area contributed by atoms with Gasteiger partial charge in [0, 0.05) is 19.0 Å². The number of imide groups is 1. The van der Waals surface area contributed by atoms with Gasteiger partial charge in [-0.3, -0.25) is 24.6 Å². The molecule has 35 heavy (non-hydrogen) atoms. The number of benzene rings is 2. The average Bonchev–Trinajstić information content (AvgIpc) is 3.35. The predicted octanol–water partition coefficient (Wildman–Crippen LogP) is 3.17. The summed E-state index contributed by atoms with van der Waals surface area (Å²) in [5.41, 5.74) is -0.656. The topological polar surface area (TPSA) is 113 Å². The molecule has 182 valence electrons. The van der Waals surface area contributed by atoms with Gasteiger partial charge in [0.1, 0.15) is 5.75 Å². The van der Waals surface area contributed by atoms with E-state index < -0.39 is 41.3 Å². The number of fused-ring (bicyclic) bond motifs is 1. The van der Waals surface area contributed by atoms with Gasteiger partial charge in [0.2, 0.25) is 11.8 Å². The lowest BCUT2D eigenvalue weighted by molar-refractivity contribution is -0.153. The van der Waals surface area contributed by atoms with Crippen LogP contribution in [0, 0.1) is 11.8 Å². The Morgan fingerprint density at radius 1 is 0.971 bits per heavy atom. The van der Waals surface area contributed by atoms with Crippen molar-refractivity contribution in [2.45, 2.75) is 56.7 Å². The number of likely N-dealkylation sites (tertiary alicyclic amines) is 1. The standard InChI is InChI=1S/C27H28N2O6/c1-16(30)35-20-14-12-17(13-15-20)23-21-22(25(32)29(24(21)31)19-10-6-3-7-11-19)27(28-23,26(33)34)18-8-4-2-5-9-18/h2,4-5,8-9,12-15,19,21-23,28H,3,6-7,10-11H2,1H3,(H,33,34). The van der Waals surface area contributed by atoms with Crippen molar-refractivity contribution < 1.29 is 29.0 Å². The van der Waals surface area contributed by atoms with E-state index in [1.165, 1.54) is 11.8 Å². The molecule has 8 heteroatoms. The van der Waals surface area contributed by atoms with Crippen molar-refractivity contribution in [1.29, 1.82) is 0 Å². The van der Waals surface area contributed by atoms with E-state index in [2.05, 4.69) is 5.32 Å². The van der Waals surface area contributed by atoms with Crippen LogP contribution in [0.25, 0.3) is 0 Å². The second-order valence-corrected chi connectivity index (χ2v) is 9.61. The zero-order valence-electron chi connectivity index (χ0n) is 19.5. The summed E-state index contributed by atoms with van der Waals surface area (Å²) in [6, 6.07) is 14.4. The molecule has 3 aliphatic rings. The van der Waals surface area contributed by atoms with E-state index in [9.17, 15) is 24.3 Å². The van der Waals surface area contributed by atoms with E-state index in [-0.39, 0.29) is 11.9 Å². The number of aliphatic carboxylic acids is 1. The van der Waals surface area contributed by atoms with E-state index in [1.54, 1.807) is 54.6 Å². The molecule has 2 aromatic carbocycles. The number of rotatable bonds is 5. The van der Waals surface area contributed by atoms with Crippen LogP contribution < -0.4 is 10.1 Å². The molecule has 2 saturated heterocycles. The number of nitrogens with one attached hydrogen (secondary N) is 1. The predicted molar refractivity (Wildman–Crippen MR) is 125 cm³/mol. The second kappa shape index (κ2) is 8.92. The first-order chi connectivity index (χ1) is 16.8. The minimum absolute atomic E-state index is 0.191. The van der Waals surface area contributed by atoms with Crippen LogP contribution in [0.4, 0.5) is 0 Å². The van der Waals surface area contributed by atoms with Crippen LogP contribution in [0.3, 0.4) is 0 Å². The third-order valence-electron chi connectivity index (χ3n) is 7.60. The summed E-state index contributed by atoms with van der Waals surface area (Å²) in [4.78, 5) is 53.3. The lowest BCUT2D eigenvalue weighted by Crippen LogP contribution is -2.54. The normalized spacial score (nSPS) is 28.7. The lowest BCUT2D eigenvalue weighted by Gasteiger charge is -2.34. The van der Waals surface area contributed by atoms with E-state index in [4.69, 9.17) is 4.74 Å². The fourth-order valence-corrected chi connectivity index (χ4v) is 6.11. The van der Waals surface area contributed by atoms with Gasteiger partial charge in [0.05, 0.1) is 11.8 Å². The molecule has 8 nitrogen and oxygen atoms in total. The third kappa shape index (κ3) is 3.72. The Kier molecular flexibility index (Phi) is 5.92. The molecule has 5 rings (SSSR count). The zero-order valence-corrected chi connectivity index (χ0v) is 19.5. The second-order valence-electron chi connectivity index (χ2n) is 9.61. The number of carbonyl (C=O) groups excluding carboxylic acids is 3. The Hall–Kier alpha value is -3.52. The summed E-state index contributed by atoms with van der Waals surface area (Å²) in [6.07, 6.45) is 4.45. The molecule has 3 fully saturated rings. The van der Waals surface area contributed by atoms with Gasteiger partial charge >= 0.3 is 11.9 Å². The summed E-state index contributed by atoms with van der Waals surface area (Å²) in [6.45, 7) is 1.31. The molecule has 4 unspecified atom stereocenters. The first kappa shape index (κ1) is 23.2. The number of nitrogens with zero attached hydrogens (tertiary/aromatic N) is 1. The first-order valence-electron chi connectivity index (χ1n) is 12.1. The number of esters is 1. The highest BCUT2D eigenvalue weighted by molar-refractivity contribution is 6.10. The summed E-state index contributed by atoms with van der Waals surface area (Å²) in [5, 5.41) is 13.8. The highest BCUT2D eigenvalue weighted by Gasteiger charge is 2.69. The summed E-state index contributed by atoms with van der Waals surface area (Å²) >= 11 is 0. The van der Waals surface area contributed by atoms with Crippen LogP contribution >= 0.6 is 0 Å². The number of carbonyl (C=O) groups is 4. The minimum atomic E-state index is -1.75. The molecular formula is C27H28N2O6. The molecule has 2 amide bonds. The quantitative estimate of drug-likeness (QED) is 0.387. The highest BCUT2D eigenvalue weighted by Crippen LogP contribution is 2.54. The average molecular weight is 477 g/mol. The van der Waals surface area contributed by atoms with Gasteiger partial charge in [-0.15, -0.1) is 0 Å². The van der Waals surface area contributed by atoms with Crippen molar-refractivity contribution in [1.82, 2.24) is 10.2 Å². The number of hydrogen-bond acceptors (Lipinski definition) is 6. The Morgan fingerprint density at radius 2 is 1.63 bits per heavy atom. The third-order valence-corrected chi connectivity index (χ3v) is 7.60. The van der Waals surface area contributed by atoms with Crippen molar-refractivity contribution in [3.05, 3.63) is 65.7 Å².